The molecule has 0 aliphatic heterocycles. The average Bonchev–Trinajstić information content (AvgIpc) is 2.39. The Morgan fingerprint density at radius 1 is 1.24 bits per heavy atom. The Hall–Kier alpha value is -1.87. The van der Waals surface area contributed by atoms with Crippen LogP contribution in [0.15, 0.2) is 48.8 Å². The molecule has 0 bridgehead atoms. The van der Waals surface area contributed by atoms with Crippen LogP contribution in [-0.4, -0.2) is 11.5 Å². The Morgan fingerprint density at radius 2 is 2.00 bits per heavy atom. The van der Waals surface area contributed by atoms with Crippen molar-refractivity contribution < 1.29 is 0 Å². The second-order valence-corrected chi connectivity index (χ2v) is 4.09. The van der Waals surface area contributed by atoms with Gasteiger partial charge in [0.05, 0.1) is 6.04 Å². The van der Waals surface area contributed by atoms with Crippen molar-refractivity contribution in [3.05, 3.63) is 59.9 Å². The molecule has 3 heteroatoms. The molecule has 0 saturated heterocycles. The van der Waals surface area contributed by atoms with Crippen LogP contribution in [0.25, 0.3) is 0 Å². The Bertz CT molecular complexity index is 451. The number of aromatic nitrogens is 1. The normalized spacial score (nSPS) is 12.1. The second-order valence-electron chi connectivity index (χ2n) is 4.09. The van der Waals surface area contributed by atoms with E-state index in [4.69, 9.17) is 5.73 Å². The van der Waals surface area contributed by atoms with Crippen molar-refractivity contribution in [2.24, 2.45) is 5.73 Å². The van der Waals surface area contributed by atoms with Gasteiger partial charge < -0.3 is 11.1 Å². The van der Waals surface area contributed by atoms with Crippen LogP contribution in [0.5, 0.6) is 0 Å². The SMILES string of the molecule is Cc1ccc(NC(CN)c2cccnc2)cc1. The molecule has 0 spiro atoms. The lowest BCUT2D eigenvalue weighted by Crippen LogP contribution is -2.20. The first-order chi connectivity index (χ1) is 8.29. The fourth-order valence-corrected chi connectivity index (χ4v) is 1.71. The standard InChI is InChI=1S/C14H17N3/c1-11-4-6-13(7-5-11)17-14(9-15)12-3-2-8-16-10-12/h2-8,10,14,17H,9,15H2,1H3. The molecule has 1 heterocycles. The van der Waals surface area contributed by atoms with Crippen LogP contribution in [0.1, 0.15) is 17.2 Å². The molecule has 0 radical (unpaired) electrons. The van der Waals surface area contributed by atoms with Crippen molar-refractivity contribution in [3.8, 4) is 0 Å². The number of nitrogens with one attached hydrogen (secondary N) is 1. The zero-order chi connectivity index (χ0) is 12.1. The van der Waals surface area contributed by atoms with E-state index in [2.05, 4.69) is 41.5 Å². The summed E-state index contributed by atoms with van der Waals surface area (Å²) in [6.07, 6.45) is 3.61. The highest BCUT2D eigenvalue weighted by atomic mass is 14.9. The highest BCUT2D eigenvalue weighted by molar-refractivity contribution is 5.46. The van der Waals surface area contributed by atoms with E-state index in [9.17, 15) is 0 Å². The molecule has 0 amide bonds. The van der Waals surface area contributed by atoms with Gasteiger partial charge in [0.15, 0.2) is 0 Å². The molecular weight excluding hydrogens is 210 g/mol. The molecule has 3 N–H and O–H groups in total. The minimum absolute atomic E-state index is 0.103. The van der Waals surface area contributed by atoms with E-state index in [1.54, 1.807) is 6.20 Å². The molecule has 2 aromatic rings. The zero-order valence-electron chi connectivity index (χ0n) is 9.93. The van der Waals surface area contributed by atoms with E-state index in [1.165, 1.54) is 5.56 Å². The maximum Gasteiger partial charge on any atom is 0.0651 e. The van der Waals surface area contributed by atoms with Crippen molar-refractivity contribution in [2.75, 3.05) is 11.9 Å². The van der Waals surface area contributed by atoms with Crippen molar-refractivity contribution in [1.29, 1.82) is 0 Å². The highest BCUT2D eigenvalue weighted by Crippen LogP contribution is 2.18. The summed E-state index contributed by atoms with van der Waals surface area (Å²) in [6, 6.07) is 12.4. The van der Waals surface area contributed by atoms with Crippen LogP contribution in [0.2, 0.25) is 0 Å². The number of hydrogen-bond acceptors (Lipinski definition) is 3. The molecule has 1 aromatic carbocycles. The van der Waals surface area contributed by atoms with Crippen LogP contribution in [0.3, 0.4) is 0 Å². The van der Waals surface area contributed by atoms with Gasteiger partial charge in [-0.3, -0.25) is 4.98 Å². The van der Waals surface area contributed by atoms with E-state index >= 15 is 0 Å². The number of nitrogens with two attached hydrogens (primary N) is 1. The Kier molecular flexibility index (Phi) is 3.73. The summed E-state index contributed by atoms with van der Waals surface area (Å²) in [6.45, 7) is 2.62. The van der Waals surface area contributed by atoms with E-state index in [1.807, 2.05) is 18.3 Å². The summed E-state index contributed by atoms with van der Waals surface area (Å²) < 4.78 is 0. The number of hydrogen-bond donors (Lipinski definition) is 2. The molecule has 17 heavy (non-hydrogen) atoms. The van der Waals surface area contributed by atoms with Gasteiger partial charge >= 0.3 is 0 Å². The van der Waals surface area contributed by atoms with E-state index in [-0.39, 0.29) is 6.04 Å². The molecular formula is C14H17N3. The number of nitrogens with zero attached hydrogens (tertiary/aromatic N) is 1. The summed E-state index contributed by atoms with van der Waals surface area (Å²) in [5.74, 6) is 0. The van der Waals surface area contributed by atoms with Crippen molar-refractivity contribution in [2.45, 2.75) is 13.0 Å². The molecule has 0 aliphatic rings. The number of anilines is 1. The monoisotopic (exact) mass is 227 g/mol. The van der Waals surface area contributed by atoms with Gasteiger partial charge in [-0.25, -0.2) is 0 Å². The van der Waals surface area contributed by atoms with Crippen LogP contribution < -0.4 is 11.1 Å². The first-order valence-corrected chi connectivity index (χ1v) is 5.73. The molecule has 0 saturated carbocycles. The van der Waals surface area contributed by atoms with Gasteiger partial charge in [-0.15, -0.1) is 0 Å². The molecule has 0 fully saturated rings. The van der Waals surface area contributed by atoms with Gasteiger partial charge in [0.1, 0.15) is 0 Å². The molecule has 1 aromatic heterocycles. The lowest BCUT2D eigenvalue weighted by molar-refractivity contribution is 0.785. The average molecular weight is 227 g/mol. The highest BCUT2D eigenvalue weighted by Gasteiger charge is 2.08. The summed E-state index contributed by atoms with van der Waals surface area (Å²) >= 11 is 0. The molecule has 88 valence electrons. The largest absolute Gasteiger partial charge is 0.377 e. The van der Waals surface area contributed by atoms with E-state index < -0.39 is 0 Å². The number of benzene rings is 1. The summed E-state index contributed by atoms with van der Waals surface area (Å²) in [7, 11) is 0. The maximum atomic E-state index is 5.79. The Balaban J connectivity index is 2.13. The molecule has 1 atom stereocenters. The number of aryl methyl sites for hydroxylation is 1. The lowest BCUT2D eigenvalue weighted by Gasteiger charge is -2.18. The van der Waals surface area contributed by atoms with Gasteiger partial charge in [-0.1, -0.05) is 23.8 Å². The predicted molar refractivity (Wildman–Crippen MR) is 70.8 cm³/mol. The van der Waals surface area contributed by atoms with Gasteiger partial charge in [0.2, 0.25) is 0 Å². The van der Waals surface area contributed by atoms with Crippen molar-refractivity contribution in [1.82, 2.24) is 4.98 Å². The fraction of sp³-hybridized carbons (Fsp3) is 0.214. The molecule has 3 nitrogen and oxygen atoms in total. The number of rotatable bonds is 4. The van der Waals surface area contributed by atoms with Gasteiger partial charge in [0.25, 0.3) is 0 Å². The zero-order valence-corrected chi connectivity index (χ0v) is 9.93. The van der Waals surface area contributed by atoms with Crippen LogP contribution >= 0.6 is 0 Å². The van der Waals surface area contributed by atoms with Gasteiger partial charge in [0, 0.05) is 24.6 Å². The predicted octanol–water partition coefficient (Wildman–Crippen LogP) is 2.50. The second kappa shape index (κ2) is 5.46. The third-order valence-electron chi connectivity index (χ3n) is 2.71. The van der Waals surface area contributed by atoms with Crippen molar-refractivity contribution >= 4 is 5.69 Å². The maximum absolute atomic E-state index is 5.79. The quantitative estimate of drug-likeness (QED) is 0.843. The Morgan fingerprint density at radius 3 is 2.59 bits per heavy atom. The van der Waals surface area contributed by atoms with Crippen LogP contribution in [0, 0.1) is 6.92 Å². The third kappa shape index (κ3) is 3.04. The summed E-state index contributed by atoms with van der Waals surface area (Å²) in [5.41, 5.74) is 9.23. The van der Waals surface area contributed by atoms with Gasteiger partial charge in [-0.2, -0.15) is 0 Å². The van der Waals surface area contributed by atoms with Crippen LogP contribution in [-0.2, 0) is 0 Å². The minimum Gasteiger partial charge on any atom is -0.377 e. The Labute approximate surface area is 102 Å². The molecule has 0 aliphatic carbocycles. The summed E-state index contributed by atoms with van der Waals surface area (Å²) in [5, 5.41) is 3.41. The van der Waals surface area contributed by atoms with E-state index in [0.717, 1.165) is 11.3 Å². The topological polar surface area (TPSA) is 50.9 Å². The lowest BCUT2D eigenvalue weighted by atomic mass is 10.1. The first kappa shape index (κ1) is 11.6. The molecule has 1 unspecified atom stereocenters. The van der Waals surface area contributed by atoms with E-state index in [0.29, 0.717) is 6.54 Å². The minimum atomic E-state index is 0.103. The fourth-order valence-electron chi connectivity index (χ4n) is 1.71. The molecule has 2 rings (SSSR count). The summed E-state index contributed by atoms with van der Waals surface area (Å²) in [4.78, 5) is 4.11. The number of pyridine rings is 1. The third-order valence-corrected chi connectivity index (χ3v) is 2.71. The first-order valence-electron chi connectivity index (χ1n) is 5.73. The van der Waals surface area contributed by atoms with Crippen LogP contribution in [0.4, 0.5) is 5.69 Å². The van der Waals surface area contributed by atoms with Crippen molar-refractivity contribution in [3.63, 3.8) is 0 Å². The van der Waals surface area contributed by atoms with Gasteiger partial charge in [-0.05, 0) is 30.7 Å². The smallest absolute Gasteiger partial charge is 0.0651 e.